The number of benzene rings is 2. The minimum absolute atomic E-state index is 0.123. The Labute approximate surface area is 172 Å². The minimum atomic E-state index is -0.585. The number of amides is 1. The van der Waals surface area contributed by atoms with Crippen molar-refractivity contribution in [3.63, 3.8) is 0 Å². The number of aliphatic hydroxyl groups excluding tert-OH is 1. The Hall–Kier alpha value is -2.21. The molecule has 0 aromatic heterocycles. The van der Waals surface area contributed by atoms with Crippen LogP contribution >= 0.6 is 0 Å². The molecule has 0 unspecified atom stereocenters. The van der Waals surface area contributed by atoms with E-state index in [1.165, 1.54) is 16.7 Å². The van der Waals surface area contributed by atoms with Crippen molar-refractivity contribution in [3.05, 3.63) is 70.8 Å². The summed E-state index contributed by atoms with van der Waals surface area (Å²) in [5, 5.41) is 13.3. The van der Waals surface area contributed by atoms with Gasteiger partial charge in [0, 0.05) is 45.0 Å². The molecule has 154 valence electrons. The third-order valence-electron chi connectivity index (χ3n) is 5.93. The van der Waals surface area contributed by atoms with Crippen molar-refractivity contribution in [2.24, 2.45) is 5.92 Å². The first kappa shape index (κ1) is 20.1. The van der Waals surface area contributed by atoms with E-state index in [9.17, 15) is 9.90 Å². The molecule has 1 amide bonds. The number of carbonyl (C=O) groups is 1. The van der Waals surface area contributed by atoms with Gasteiger partial charge in [-0.1, -0.05) is 36.4 Å². The molecule has 0 saturated carbocycles. The van der Waals surface area contributed by atoms with Crippen molar-refractivity contribution in [3.8, 4) is 0 Å². The molecule has 0 aliphatic carbocycles. The molecule has 0 bridgehead atoms. The molecule has 2 aliphatic heterocycles. The minimum Gasteiger partial charge on any atom is -0.390 e. The molecule has 1 saturated heterocycles. The predicted octanol–water partition coefficient (Wildman–Crippen LogP) is 2.76. The molecular formula is C24H30N2O3. The van der Waals surface area contributed by atoms with Gasteiger partial charge in [-0.05, 0) is 54.0 Å². The van der Waals surface area contributed by atoms with E-state index in [0.29, 0.717) is 18.0 Å². The summed E-state index contributed by atoms with van der Waals surface area (Å²) in [4.78, 5) is 14.8. The van der Waals surface area contributed by atoms with E-state index in [2.05, 4.69) is 40.5 Å². The van der Waals surface area contributed by atoms with Gasteiger partial charge >= 0.3 is 0 Å². The van der Waals surface area contributed by atoms with Gasteiger partial charge in [-0.15, -0.1) is 0 Å². The molecule has 0 radical (unpaired) electrons. The molecule has 2 N–H and O–H groups in total. The average molecular weight is 395 g/mol. The summed E-state index contributed by atoms with van der Waals surface area (Å²) < 4.78 is 5.43. The number of hydrogen-bond donors (Lipinski definition) is 2. The number of rotatable bonds is 7. The summed E-state index contributed by atoms with van der Waals surface area (Å²) in [6, 6.07) is 16.2. The molecule has 2 aromatic carbocycles. The Kier molecular flexibility index (Phi) is 6.60. The highest BCUT2D eigenvalue weighted by atomic mass is 16.5. The van der Waals surface area contributed by atoms with Crippen LogP contribution in [0, 0.1) is 5.92 Å². The van der Waals surface area contributed by atoms with E-state index in [1.807, 2.05) is 18.2 Å². The third kappa shape index (κ3) is 5.44. The number of hydrogen-bond acceptors (Lipinski definition) is 4. The molecule has 2 aliphatic rings. The number of nitrogens with zero attached hydrogens (tertiary/aromatic N) is 1. The number of fused-ring (bicyclic) bond motifs is 1. The second kappa shape index (κ2) is 9.53. The van der Waals surface area contributed by atoms with Crippen LogP contribution in [0.15, 0.2) is 48.5 Å². The maximum atomic E-state index is 12.6. The van der Waals surface area contributed by atoms with Gasteiger partial charge in [-0.2, -0.15) is 0 Å². The first-order chi connectivity index (χ1) is 14.2. The molecule has 2 heterocycles. The molecule has 5 heteroatoms. The normalized spacial score (nSPS) is 18.4. The topological polar surface area (TPSA) is 61.8 Å². The molecule has 5 nitrogen and oxygen atoms in total. The SMILES string of the molecule is O=C(NC[C@H](O)CN1Cc2ccccc2C1)c1cccc(CC2CCOCC2)c1. The van der Waals surface area contributed by atoms with Crippen LogP contribution in [0.5, 0.6) is 0 Å². The fraction of sp³-hybridized carbons (Fsp3) is 0.458. The zero-order valence-corrected chi connectivity index (χ0v) is 16.8. The fourth-order valence-corrected chi connectivity index (χ4v) is 4.33. The molecule has 2 aromatic rings. The van der Waals surface area contributed by atoms with E-state index in [1.54, 1.807) is 0 Å². The van der Waals surface area contributed by atoms with Crippen LogP contribution < -0.4 is 5.32 Å². The van der Waals surface area contributed by atoms with E-state index in [0.717, 1.165) is 45.6 Å². The first-order valence-corrected chi connectivity index (χ1v) is 10.6. The number of nitrogens with one attached hydrogen (secondary N) is 1. The van der Waals surface area contributed by atoms with Crippen molar-refractivity contribution >= 4 is 5.91 Å². The Morgan fingerprint density at radius 3 is 2.55 bits per heavy atom. The largest absolute Gasteiger partial charge is 0.390 e. The zero-order chi connectivity index (χ0) is 20.1. The van der Waals surface area contributed by atoms with Gasteiger partial charge in [-0.25, -0.2) is 0 Å². The maximum Gasteiger partial charge on any atom is 0.251 e. The quantitative estimate of drug-likeness (QED) is 0.758. The summed E-state index contributed by atoms with van der Waals surface area (Å²) in [6.07, 6.45) is 2.58. The summed E-state index contributed by atoms with van der Waals surface area (Å²) >= 11 is 0. The lowest BCUT2D eigenvalue weighted by molar-refractivity contribution is 0.0665. The first-order valence-electron chi connectivity index (χ1n) is 10.6. The third-order valence-corrected chi connectivity index (χ3v) is 5.93. The van der Waals surface area contributed by atoms with Crippen LogP contribution in [0.25, 0.3) is 0 Å². The average Bonchev–Trinajstić information content (AvgIpc) is 3.15. The van der Waals surface area contributed by atoms with Crippen LogP contribution in [0.1, 0.15) is 39.9 Å². The van der Waals surface area contributed by atoms with E-state index in [4.69, 9.17) is 4.74 Å². The summed E-state index contributed by atoms with van der Waals surface area (Å²) in [7, 11) is 0. The molecule has 0 spiro atoms. The standard InChI is InChI=1S/C24H30N2O3/c27-23(17-26-15-21-5-1-2-6-22(21)16-26)14-25-24(28)20-7-3-4-19(13-20)12-18-8-10-29-11-9-18/h1-7,13,18,23,27H,8-12,14-17H2,(H,25,28)/t23-/m0/s1. The van der Waals surface area contributed by atoms with E-state index in [-0.39, 0.29) is 12.5 Å². The highest BCUT2D eigenvalue weighted by Gasteiger charge is 2.21. The Morgan fingerprint density at radius 2 is 1.83 bits per heavy atom. The van der Waals surface area contributed by atoms with Gasteiger partial charge in [0.25, 0.3) is 5.91 Å². The molecule has 4 rings (SSSR count). The summed E-state index contributed by atoms with van der Waals surface area (Å²) in [6.45, 7) is 4.20. The second-order valence-corrected chi connectivity index (χ2v) is 8.26. The van der Waals surface area contributed by atoms with Crippen molar-refractivity contribution in [1.82, 2.24) is 10.2 Å². The molecular weight excluding hydrogens is 364 g/mol. The van der Waals surface area contributed by atoms with Gasteiger partial charge in [-0.3, -0.25) is 9.69 Å². The lowest BCUT2D eigenvalue weighted by Gasteiger charge is -2.22. The van der Waals surface area contributed by atoms with Gasteiger partial charge in [0.15, 0.2) is 0 Å². The number of ether oxygens (including phenoxy) is 1. The Morgan fingerprint density at radius 1 is 1.10 bits per heavy atom. The molecule has 1 atom stereocenters. The Bertz CT molecular complexity index is 807. The van der Waals surface area contributed by atoms with E-state index < -0.39 is 6.10 Å². The van der Waals surface area contributed by atoms with Crippen LogP contribution in [0.3, 0.4) is 0 Å². The van der Waals surface area contributed by atoms with Gasteiger partial charge in [0.05, 0.1) is 6.10 Å². The highest BCUT2D eigenvalue weighted by Crippen LogP contribution is 2.22. The monoisotopic (exact) mass is 394 g/mol. The van der Waals surface area contributed by atoms with Crippen molar-refractivity contribution < 1.29 is 14.6 Å². The zero-order valence-electron chi connectivity index (χ0n) is 16.8. The lowest BCUT2D eigenvalue weighted by atomic mass is 9.92. The number of carbonyl (C=O) groups excluding carboxylic acids is 1. The van der Waals surface area contributed by atoms with E-state index >= 15 is 0 Å². The lowest BCUT2D eigenvalue weighted by Crippen LogP contribution is -2.38. The number of aliphatic hydroxyl groups is 1. The molecule has 1 fully saturated rings. The fourth-order valence-electron chi connectivity index (χ4n) is 4.33. The maximum absolute atomic E-state index is 12.6. The Balaban J connectivity index is 1.24. The summed E-state index contributed by atoms with van der Waals surface area (Å²) in [5.41, 5.74) is 4.51. The second-order valence-electron chi connectivity index (χ2n) is 8.26. The smallest absolute Gasteiger partial charge is 0.251 e. The van der Waals surface area contributed by atoms with Crippen LogP contribution in [-0.2, 0) is 24.2 Å². The van der Waals surface area contributed by atoms with Crippen LogP contribution in [-0.4, -0.2) is 48.3 Å². The number of β-amino-alcohol motifs (C(OH)–C–C–N with tert-alkyl or cyclic N) is 1. The summed E-state index contributed by atoms with van der Waals surface area (Å²) in [5.74, 6) is 0.510. The highest BCUT2D eigenvalue weighted by molar-refractivity contribution is 5.94. The van der Waals surface area contributed by atoms with Gasteiger partial charge in [0.2, 0.25) is 0 Å². The van der Waals surface area contributed by atoms with Crippen molar-refractivity contribution in [2.75, 3.05) is 26.3 Å². The van der Waals surface area contributed by atoms with Crippen molar-refractivity contribution in [2.45, 2.75) is 38.5 Å². The van der Waals surface area contributed by atoms with Gasteiger partial charge in [0.1, 0.15) is 0 Å². The van der Waals surface area contributed by atoms with Crippen LogP contribution in [0.4, 0.5) is 0 Å². The van der Waals surface area contributed by atoms with Crippen molar-refractivity contribution in [1.29, 1.82) is 0 Å². The van der Waals surface area contributed by atoms with Crippen LogP contribution in [0.2, 0.25) is 0 Å². The van der Waals surface area contributed by atoms with Gasteiger partial charge < -0.3 is 15.2 Å². The predicted molar refractivity (Wildman–Crippen MR) is 113 cm³/mol. The molecule has 29 heavy (non-hydrogen) atoms.